The van der Waals surface area contributed by atoms with Gasteiger partial charge in [-0.25, -0.2) is 10.4 Å². The molecule has 0 aliphatic carbocycles. The lowest BCUT2D eigenvalue weighted by molar-refractivity contribution is 0.0950. The number of hydrazone groups is 1. The van der Waals surface area contributed by atoms with Gasteiger partial charge in [-0.15, -0.1) is 0 Å². The second-order valence-electron chi connectivity index (χ2n) is 8.35. The number of nitrogens with zero attached hydrogens (tertiary/aromatic N) is 3. The van der Waals surface area contributed by atoms with Gasteiger partial charge in [-0.3, -0.25) is 9.69 Å². The number of carbonyl (C=O) groups is 1. The molecule has 3 aromatic rings. The summed E-state index contributed by atoms with van der Waals surface area (Å²) < 4.78 is 0. The Hall–Kier alpha value is -3.22. The van der Waals surface area contributed by atoms with E-state index in [0.29, 0.717) is 11.6 Å². The minimum Gasteiger partial charge on any atom is -0.354 e. The van der Waals surface area contributed by atoms with E-state index in [4.69, 9.17) is 11.6 Å². The van der Waals surface area contributed by atoms with Crippen molar-refractivity contribution in [3.05, 3.63) is 88.7 Å². The van der Waals surface area contributed by atoms with Gasteiger partial charge in [0.1, 0.15) is 5.69 Å². The van der Waals surface area contributed by atoms with Crippen LogP contribution in [0, 0.1) is 12.8 Å². The lowest BCUT2D eigenvalue weighted by Gasteiger charge is -2.30. The molecule has 0 saturated carbocycles. The Labute approximate surface area is 199 Å². The van der Waals surface area contributed by atoms with E-state index in [-0.39, 0.29) is 5.91 Å². The van der Waals surface area contributed by atoms with Crippen molar-refractivity contribution in [1.82, 2.24) is 15.3 Å². The minimum absolute atomic E-state index is 0.315. The molecule has 2 heterocycles. The van der Waals surface area contributed by atoms with Crippen molar-refractivity contribution >= 4 is 35.1 Å². The minimum atomic E-state index is -0.315. The lowest BCUT2D eigenvalue weighted by Crippen LogP contribution is -2.34. The smallest absolute Gasteiger partial charge is 0.289 e. The molecule has 170 valence electrons. The summed E-state index contributed by atoms with van der Waals surface area (Å²) in [7, 11) is 0. The first-order chi connectivity index (χ1) is 16.1. The van der Waals surface area contributed by atoms with E-state index in [1.807, 2.05) is 61.7 Å². The normalized spacial score (nSPS) is 15.0. The highest BCUT2D eigenvalue weighted by Crippen LogP contribution is 2.21. The zero-order chi connectivity index (χ0) is 23.0. The third-order valence-electron chi connectivity index (χ3n) is 5.77. The van der Waals surface area contributed by atoms with Crippen molar-refractivity contribution in [1.29, 1.82) is 0 Å². The summed E-state index contributed by atoms with van der Waals surface area (Å²) in [6.45, 7) is 4.87. The number of amides is 1. The third kappa shape index (κ3) is 6.63. The molecular weight excluding hydrogens is 434 g/mol. The van der Waals surface area contributed by atoms with E-state index >= 15 is 0 Å². The summed E-state index contributed by atoms with van der Waals surface area (Å²) in [5, 5.41) is 8.26. The largest absolute Gasteiger partial charge is 0.354 e. The summed E-state index contributed by atoms with van der Waals surface area (Å²) in [6, 6.07) is 19.6. The van der Waals surface area contributed by atoms with Gasteiger partial charge in [-0.1, -0.05) is 47.5 Å². The molecule has 6 nitrogen and oxygen atoms in total. The summed E-state index contributed by atoms with van der Waals surface area (Å²) >= 11 is 6.27. The van der Waals surface area contributed by atoms with Gasteiger partial charge < -0.3 is 5.32 Å². The fourth-order valence-electron chi connectivity index (χ4n) is 3.79. The SMILES string of the molecule is Cc1ccc(Nc2ccc(C(=O)N/N=C/C3CCN(Cc4ccccc4Cl)CC3)nc2)cc1. The Morgan fingerprint density at radius 1 is 1.09 bits per heavy atom. The Morgan fingerprint density at radius 2 is 1.82 bits per heavy atom. The molecular formula is C26H28ClN5O. The second kappa shape index (κ2) is 11.1. The van der Waals surface area contributed by atoms with Crippen LogP contribution in [0.5, 0.6) is 0 Å². The van der Waals surface area contributed by atoms with E-state index < -0.39 is 0 Å². The molecule has 1 amide bonds. The molecule has 4 rings (SSSR count). The number of benzene rings is 2. The second-order valence-corrected chi connectivity index (χ2v) is 8.75. The summed E-state index contributed by atoms with van der Waals surface area (Å²) in [5.74, 6) is 0.0335. The van der Waals surface area contributed by atoms with E-state index in [0.717, 1.165) is 54.4 Å². The molecule has 0 spiro atoms. The number of hydrogen-bond acceptors (Lipinski definition) is 5. The van der Waals surface area contributed by atoms with Crippen LogP contribution < -0.4 is 10.7 Å². The molecule has 1 saturated heterocycles. The molecule has 1 fully saturated rings. The lowest BCUT2D eigenvalue weighted by atomic mass is 9.98. The van der Waals surface area contributed by atoms with Gasteiger partial charge in [0.25, 0.3) is 5.91 Å². The van der Waals surface area contributed by atoms with Gasteiger partial charge in [0.15, 0.2) is 0 Å². The average molecular weight is 462 g/mol. The maximum absolute atomic E-state index is 12.4. The fraction of sp³-hybridized carbons (Fsp3) is 0.269. The molecule has 7 heteroatoms. The highest BCUT2D eigenvalue weighted by atomic mass is 35.5. The van der Waals surface area contributed by atoms with E-state index in [1.165, 1.54) is 5.56 Å². The predicted molar refractivity (Wildman–Crippen MR) is 134 cm³/mol. The van der Waals surface area contributed by atoms with Crippen molar-refractivity contribution in [3.8, 4) is 0 Å². The zero-order valence-electron chi connectivity index (χ0n) is 18.7. The van der Waals surface area contributed by atoms with Crippen molar-refractivity contribution in [2.24, 2.45) is 11.0 Å². The number of nitrogens with one attached hydrogen (secondary N) is 2. The maximum atomic E-state index is 12.4. The van der Waals surface area contributed by atoms with Crippen LogP contribution in [-0.4, -0.2) is 35.1 Å². The van der Waals surface area contributed by atoms with Crippen LogP contribution in [-0.2, 0) is 6.54 Å². The Morgan fingerprint density at radius 3 is 2.52 bits per heavy atom. The molecule has 1 aliphatic heterocycles. The number of carbonyl (C=O) groups excluding carboxylic acids is 1. The summed E-state index contributed by atoms with van der Waals surface area (Å²) in [5.41, 5.74) is 7.08. The molecule has 2 N–H and O–H groups in total. The van der Waals surface area contributed by atoms with Crippen LogP contribution in [0.2, 0.25) is 5.02 Å². The fourth-order valence-corrected chi connectivity index (χ4v) is 3.99. The molecule has 33 heavy (non-hydrogen) atoms. The quantitative estimate of drug-likeness (QED) is 0.364. The van der Waals surface area contributed by atoms with Crippen LogP contribution in [0.15, 0.2) is 72.0 Å². The van der Waals surface area contributed by atoms with Crippen LogP contribution in [0.4, 0.5) is 11.4 Å². The number of halogens is 1. The topological polar surface area (TPSA) is 69.6 Å². The van der Waals surface area contributed by atoms with Crippen molar-refractivity contribution in [2.45, 2.75) is 26.3 Å². The molecule has 0 unspecified atom stereocenters. The van der Waals surface area contributed by atoms with Gasteiger partial charge >= 0.3 is 0 Å². The van der Waals surface area contributed by atoms with Crippen LogP contribution in [0.1, 0.15) is 34.5 Å². The number of likely N-dealkylation sites (tertiary alicyclic amines) is 1. The van der Waals surface area contributed by atoms with Crippen molar-refractivity contribution < 1.29 is 4.79 Å². The molecule has 0 atom stereocenters. The van der Waals surface area contributed by atoms with Crippen molar-refractivity contribution in [2.75, 3.05) is 18.4 Å². The monoisotopic (exact) mass is 461 g/mol. The Bertz CT molecular complexity index is 1090. The third-order valence-corrected chi connectivity index (χ3v) is 6.14. The first kappa shape index (κ1) is 23.0. The number of rotatable bonds is 7. The Balaban J connectivity index is 1.21. The van der Waals surface area contributed by atoms with E-state index in [2.05, 4.69) is 31.8 Å². The number of anilines is 2. The first-order valence-corrected chi connectivity index (χ1v) is 11.5. The maximum Gasteiger partial charge on any atom is 0.289 e. The molecule has 0 radical (unpaired) electrons. The van der Waals surface area contributed by atoms with Crippen LogP contribution in [0.25, 0.3) is 0 Å². The van der Waals surface area contributed by atoms with Gasteiger partial charge in [-0.05, 0) is 74.7 Å². The van der Waals surface area contributed by atoms with Gasteiger partial charge in [0, 0.05) is 23.5 Å². The first-order valence-electron chi connectivity index (χ1n) is 11.2. The van der Waals surface area contributed by atoms with Crippen LogP contribution >= 0.6 is 11.6 Å². The van der Waals surface area contributed by atoms with Crippen LogP contribution in [0.3, 0.4) is 0 Å². The number of hydrogen-bond donors (Lipinski definition) is 2. The van der Waals surface area contributed by atoms with Gasteiger partial charge in [0.05, 0.1) is 11.9 Å². The molecule has 1 aliphatic rings. The molecule has 0 bridgehead atoms. The number of aryl methyl sites for hydroxylation is 1. The van der Waals surface area contributed by atoms with Gasteiger partial charge in [0.2, 0.25) is 0 Å². The van der Waals surface area contributed by atoms with E-state index in [9.17, 15) is 4.79 Å². The van der Waals surface area contributed by atoms with Crippen molar-refractivity contribution in [3.63, 3.8) is 0 Å². The highest BCUT2D eigenvalue weighted by molar-refractivity contribution is 6.31. The number of piperidine rings is 1. The average Bonchev–Trinajstić information content (AvgIpc) is 2.83. The molecule has 2 aromatic carbocycles. The summed E-state index contributed by atoms with van der Waals surface area (Å²) in [4.78, 5) is 19.0. The van der Waals surface area contributed by atoms with Gasteiger partial charge in [-0.2, -0.15) is 5.10 Å². The zero-order valence-corrected chi connectivity index (χ0v) is 19.4. The molecule has 1 aromatic heterocycles. The standard InChI is InChI=1S/C26H28ClN5O/c1-19-6-8-22(9-7-19)30-23-10-11-25(28-17-23)26(33)31-29-16-20-12-14-32(15-13-20)18-21-4-2-3-5-24(21)27/h2-11,16-17,20,30H,12-15,18H2,1H3,(H,31,33)/b29-16+. The number of pyridine rings is 1. The Kier molecular flexibility index (Phi) is 7.70. The highest BCUT2D eigenvalue weighted by Gasteiger charge is 2.18. The summed E-state index contributed by atoms with van der Waals surface area (Å²) in [6.07, 6.45) is 5.49. The number of aromatic nitrogens is 1. The predicted octanol–water partition coefficient (Wildman–Crippen LogP) is 5.41. The van der Waals surface area contributed by atoms with E-state index in [1.54, 1.807) is 12.3 Å².